The van der Waals surface area contributed by atoms with Crippen LogP contribution in [0.15, 0.2) is 0 Å². The number of nitrogens with two attached hydrogens (primary N) is 1. The van der Waals surface area contributed by atoms with Gasteiger partial charge in [0.25, 0.3) is 0 Å². The monoisotopic (exact) mass is 268 g/mol. The van der Waals surface area contributed by atoms with E-state index >= 15 is 0 Å². The van der Waals surface area contributed by atoms with Crippen LogP contribution in [-0.2, 0) is 0 Å². The van der Waals surface area contributed by atoms with E-state index in [4.69, 9.17) is 5.84 Å². The number of aromatic nitrogens is 2. The molecule has 1 aliphatic rings. The van der Waals surface area contributed by atoms with Crippen LogP contribution in [0.5, 0.6) is 0 Å². The van der Waals surface area contributed by atoms with Crippen molar-refractivity contribution in [3.63, 3.8) is 0 Å². The molecule has 1 saturated carbocycles. The molecule has 0 spiro atoms. The Balaban J connectivity index is 2.19. The Kier molecular flexibility index (Phi) is 4.70. The number of hydrogen-bond acceptors (Lipinski definition) is 5. The lowest BCUT2D eigenvalue weighted by Crippen LogP contribution is -2.35. The van der Waals surface area contributed by atoms with Gasteiger partial charge in [0.1, 0.15) is 0 Å². The molecule has 3 atom stereocenters. The van der Waals surface area contributed by atoms with E-state index in [0.717, 1.165) is 11.6 Å². The maximum absolute atomic E-state index is 5.81. The first kappa shape index (κ1) is 13.9. The molecule has 0 amide bonds. The molecular formula is C13H24N4S. The van der Waals surface area contributed by atoms with Crippen molar-refractivity contribution in [3.05, 3.63) is 10.6 Å². The molecule has 1 heterocycles. The Morgan fingerprint density at radius 3 is 2.78 bits per heavy atom. The topological polar surface area (TPSA) is 63.8 Å². The summed E-state index contributed by atoms with van der Waals surface area (Å²) in [6.45, 7) is 6.67. The second kappa shape index (κ2) is 6.08. The van der Waals surface area contributed by atoms with Crippen LogP contribution in [0.25, 0.3) is 0 Å². The first-order valence-electron chi connectivity index (χ1n) is 6.91. The Morgan fingerprint density at radius 2 is 2.17 bits per heavy atom. The van der Waals surface area contributed by atoms with Crippen molar-refractivity contribution < 1.29 is 0 Å². The van der Waals surface area contributed by atoms with Crippen molar-refractivity contribution in [2.24, 2.45) is 17.7 Å². The molecule has 0 aliphatic heterocycles. The molecular weight excluding hydrogens is 244 g/mol. The van der Waals surface area contributed by atoms with Crippen molar-refractivity contribution in [1.29, 1.82) is 0 Å². The number of hydrazine groups is 1. The average Bonchev–Trinajstić information content (AvgIpc) is 2.79. The molecule has 0 aromatic carbocycles. The van der Waals surface area contributed by atoms with Crippen LogP contribution in [0.3, 0.4) is 0 Å². The van der Waals surface area contributed by atoms with Gasteiger partial charge in [-0.3, -0.25) is 11.3 Å². The molecule has 1 aromatic heterocycles. The van der Waals surface area contributed by atoms with Crippen molar-refractivity contribution in [3.8, 4) is 0 Å². The summed E-state index contributed by atoms with van der Waals surface area (Å²) in [4.78, 5) is 1.24. The summed E-state index contributed by atoms with van der Waals surface area (Å²) in [7, 11) is 0. The second-order valence-electron chi connectivity index (χ2n) is 5.85. The van der Waals surface area contributed by atoms with Gasteiger partial charge < -0.3 is 0 Å². The Morgan fingerprint density at radius 1 is 1.39 bits per heavy atom. The Hall–Kier alpha value is -0.520. The fraction of sp³-hybridized carbons (Fsp3) is 0.846. The molecule has 0 saturated heterocycles. The lowest BCUT2D eigenvalue weighted by molar-refractivity contribution is 0.225. The van der Waals surface area contributed by atoms with E-state index in [1.165, 1.54) is 42.1 Å². The molecule has 0 bridgehead atoms. The highest BCUT2D eigenvalue weighted by Crippen LogP contribution is 2.39. The van der Waals surface area contributed by atoms with Crippen molar-refractivity contribution >= 4 is 11.5 Å². The molecule has 1 aromatic rings. The summed E-state index contributed by atoms with van der Waals surface area (Å²) in [6, 6.07) is 0.227. The summed E-state index contributed by atoms with van der Waals surface area (Å²) < 4.78 is 4.12. The van der Waals surface area contributed by atoms with E-state index < -0.39 is 0 Å². The van der Waals surface area contributed by atoms with Gasteiger partial charge in [0.2, 0.25) is 0 Å². The molecule has 102 valence electrons. The van der Waals surface area contributed by atoms with Crippen LogP contribution < -0.4 is 11.3 Å². The van der Waals surface area contributed by atoms with Crippen molar-refractivity contribution in [1.82, 2.24) is 15.0 Å². The largest absolute Gasteiger partial charge is 0.271 e. The minimum atomic E-state index is 0.227. The van der Waals surface area contributed by atoms with Gasteiger partial charge in [-0.15, -0.1) is 5.10 Å². The van der Waals surface area contributed by atoms with Gasteiger partial charge in [-0.2, -0.15) is 0 Å². The third-order valence-electron chi connectivity index (χ3n) is 4.00. The zero-order chi connectivity index (χ0) is 13.1. The van der Waals surface area contributed by atoms with E-state index in [1.54, 1.807) is 0 Å². The van der Waals surface area contributed by atoms with Crippen LogP contribution in [0.4, 0.5) is 0 Å². The van der Waals surface area contributed by atoms with Gasteiger partial charge >= 0.3 is 0 Å². The van der Waals surface area contributed by atoms with Gasteiger partial charge in [0.15, 0.2) is 0 Å². The molecule has 1 fully saturated rings. The maximum atomic E-state index is 5.81. The van der Waals surface area contributed by atoms with Gasteiger partial charge in [-0.25, -0.2) is 0 Å². The van der Waals surface area contributed by atoms with Crippen LogP contribution in [0.1, 0.15) is 69.0 Å². The van der Waals surface area contributed by atoms with E-state index in [2.05, 4.69) is 35.8 Å². The molecule has 1 aliphatic carbocycles. The predicted molar refractivity (Wildman–Crippen MR) is 75.2 cm³/mol. The summed E-state index contributed by atoms with van der Waals surface area (Å²) in [6.07, 6.45) is 5.18. The molecule has 2 rings (SSSR count). The predicted octanol–water partition coefficient (Wildman–Crippen LogP) is 2.99. The lowest BCUT2D eigenvalue weighted by Gasteiger charge is -2.32. The maximum Gasteiger partial charge on any atom is 0.0829 e. The number of rotatable bonds is 4. The van der Waals surface area contributed by atoms with Crippen LogP contribution in [-0.4, -0.2) is 9.59 Å². The first-order chi connectivity index (χ1) is 8.63. The normalized spacial score (nSPS) is 26.5. The Bertz CT molecular complexity index is 377. The third kappa shape index (κ3) is 2.90. The van der Waals surface area contributed by atoms with Crippen LogP contribution in [0.2, 0.25) is 0 Å². The SMILES string of the molecule is CC1CCCC(C(NN)c2snnc2C(C)C)C1. The van der Waals surface area contributed by atoms with Crippen LogP contribution in [0, 0.1) is 11.8 Å². The highest BCUT2D eigenvalue weighted by atomic mass is 32.1. The first-order valence-corrected chi connectivity index (χ1v) is 7.69. The summed E-state index contributed by atoms with van der Waals surface area (Å²) >= 11 is 1.50. The zero-order valence-electron chi connectivity index (χ0n) is 11.5. The summed E-state index contributed by atoms with van der Waals surface area (Å²) in [5.74, 6) is 7.65. The van der Waals surface area contributed by atoms with Crippen molar-refractivity contribution in [2.45, 2.75) is 58.4 Å². The number of hydrogen-bond donors (Lipinski definition) is 2. The van der Waals surface area contributed by atoms with Gasteiger partial charge in [0.05, 0.1) is 16.6 Å². The number of nitrogens with zero attached hydrogens (tertiary/aromatic N) is 2. The van der Waals surface area contributed by atoms with E-state index in [9.17, 15) is 0 Å². The van der Waals surface area contributed by atoms with Gasteiger partial charge in [0, 0.05) is 0 Å². The van der Waals surface area contributed by atoms with E-state index in [0.29, 0.717) is 11.8 Å². The minimum Gasteiger partial charge on any atom is -0.271 e. The highest BCUT2D eigenvalue weighted by molar-refractivity contribution is 7.05. The van der Waals surface area contributed by atoms with E-state index in [-0.39, 0.29) is 6.04 Å². The molecule has 18 heavy (non-hydrogen) atoms. The van der Waals surface area contributed by atoms with Gasteiger partial charge in [-0.05, 0) is 42.1 Å². The number of nitrogens with one attached hydrogen (secondary N) is 1. The molecule has 0 radical (unpaired) electrons. The third-order valence-corrected chi connectivity index (χ3v) is 4.82. The molecule has 3 unspecified atom stereocenters. The molecule has 3 N–H and O–H groups in total. The Labute approximate surface area is 113 Å². The summed E-state index contributed by atoms with van der Waals surface area (Å²) in [5.41, 5.74) is 4.13. The quantitative estimate of drug-likeness (QED) is 0.651. The fourth-order valence-corrected chi connectivity index (χ4v) is 3.99. The smallest absolute Gasteiger partial charge is 0.0829 e. The standard InChI is InChI=1S/C13H24N4S/c1-8(2)11-13(18-17-16-11)12(15-14)10-6-4-5-9(3)7-10/h8-10,12,15H,4-7,14H2,1-3H3. The summed E-state index contributed by atoms with van der Waals surface area (Å²) in [5, 5.41) is 4.27. The minimum absolute atomic E-state index is 0.227. The fourth-order valence-electron chi connectivity index (χ4n) is 3.03. The molecule has 5 heteroatoms. The van der Waals surface area contributed by atoms with E-state index in [1.807, 2.05) is 0 Å². The average molecular weight is 268 g/mol. The zero-order valence-corrected chi connectivity index (χ0v) is 12.3. The lowest BCUT2D eigenvalue weighted by atomic mass is 9.78. The highest BCUT2D eigenvalue weighted by Gasteiger charge is 2.30. The van der Waals surface area contributed by atoms with Gasteiger partial charge in [-0.1, -0.05) is 38.1 Å². The molecule has 4 nitrogen and oxygen atoms in total. The second-order valence-corrected chi connectivity index (χ2v) is 6.64. The van der Waals surface area contributed by atoms with Crippen molar-refractivity contribution in [2.75, 3.05) is 0 Å². The van der Waals surface area contributed by atoms with Crippen LogP contribution >= 0.6 is 11.5 Å².